The molecule has 0 aliphatic rings. The molecule has 0 aromatic heterocycles. The van der Waals surface area contributed by atoms with Crippen LogP contribution in [0.3, 0.4) is 0 Å². The van der Waals surface area contributed by atoms with Gasteiger partial charge in [0, 0.05) is 0 Å². The zero-order valence-electron chi connectivity index (χ0n) is 41.1. The van der Waals surface area contributed by atoms with E-state index < -0.39 is 36.9 Å². The van der Waals surface area contributed by atoms with E-state index in [0.29, 0.717) is 19.3 Å². The van der Waals surface area contributed by atoms with Crippen LogP contribution in [0.4, 0.5) is 0 Å². The predicted molar refractivity (Wildman–Crippen MR) is 270 cm³/mol. The zero-order chi connectivity index (χ0) is 45.2. The van der Waals surface area contributed by atoms with Gasteiger partial charge in [0.25, 0.3) is 0 Å². The van der Waals surface area contributed by atoms with E-state index >= 15 is 0 Å². The van der Waals surface area contributed by atoms with Crippen LogP contribution in [0.25, 0.3) is 0 Å². The predicted octanol–water partition coefficient (Wildman–Crippen LogP) is 15.4. The van der Waals surface area contributed by atoms with Crippen molar-refractivity contribution in [2.75, 3.05) is 6.61 Å². The molecule has 0 aliphatic heterocycles. The number of hydrogen-bond acceptors (Lipinski definition) is 5. The highest BCUT2D eigenvalue weighted by molar-refractivity contribution is 5.80. The van der Waals surface area contributed by atoms with E-state index in [0.717, 1.165) is 51.4 Å². The van der Waals surface area contributed by atoms with Gasteiger partial charge in [-0.05, 0) is 89.9 Å². The first kappa shape index (κ1) is 60.3. The van der Waals surface area contributed by atoms with Crippen molar-refractivity contribution in [2.45, 2.75) is 295 Å². The highest BCUT2D eigenvalue weighted by Gasteiger charge is 2.28. The molecule has 0 aromatic rings. The van der Waals surface area contributed by atoms with Crippen molar-refractivity contribution >= 4 is 5.91 Å². The smallest absolute Gasteiger partial charge is 0.249 e. The van der Waals surface area contributed by atoms with Gasteiger partial charge in [-0.1, -0.05) is 229 Å². The van der Waals surface area contributed by atoms with Gasteiger partial charge in [-0.25, -0.2) is 0 Å². The molecule has 364 valence electrons. The third-order valence-electron chi connectivity index (χ3n) is 12.5. The molecule has 0 heterocycles. The topological polar surface area (TPSA) is 110 Å². The Kier molecular flexibility index (Phi) is 48.9. The van der Waals surface area contributed by atoms with E-state index in [9.17, 15) is 25.2 Å². The summed E-state index contributed by atoms with van der Waals surface area (Å²) in [6, 6.07) is -1.01. The molecule has 1 amide bonds. The number of hydrogen-bond donors (Lipinski definition) is 5. The summed E-state index contributed by atoms with van der Waals surface area (Å²) < 4.78 is 0. The number of rotatable bonds is 49. The van der Waals surface area contributed by atoms with Gasteiger partial charge < -0.3 is 25.7 Å². The summed E-state index contributed by atoms with van der Waals surface area (Å²) >= 11 is 0. The second kappa shape index (κ2) is 50.3. The largest absolute Gasteiger partial charge is 0.394 e. The SMILES string of the molecule is CCCCC/C=C/CC/C=C/CC/C=C/CCCC(O)C(O)C(CO)NC(=O)C(O)CCCCCCCCCCCCCCCC/C=C\CCCCCCCCCCCCCC. The Labute approximate surface area is 385 Å². The van der Waals surface area contributed by atoms with Gasteiger partial charge in [0.1, 0.15) is 12.2 Å². The van der Waals surface area contributed by atoms with Gasteiger partial charge in [-0.15, -0.1) is 0 Å². The molecule has 6 heteroatoms. The lowest BCUT2D eigenvalue weighted by atomic mass is 10.00. The molecule has 0 rings (SSSR count). The van der Waals surface area contributed by atoms with E-state index in [2.05, 4.69) is 67.8 Å². The second-order valence-corrected chi connectivity index (χ2v) is 18.5. The van der Waals surface area contributed by atoms with Gasteiger partial charge in [-0.3, -0.25) is 4.79 Å². The summed E-state index contributed by atoms with van der Waals surface area (Å²) in [5.74, 6) is -0.598. The summed E-state index contributed by atoms with van der Waals surface area (Å²) in [6.45, 7) is 4.02. The van der Waals surface area contributed by atoms with E-state index in [4.69, 9.17) is 0 Å². The van der Waals surface area contributed by atoms with Crippen LogP contribution in [0.1, 0.15) is 271 Å². The normalized spacial score (nSPS) is 14.2. The maximum absolute atomic E-state index is 12.6. The Morgan fingerprint density at radius 3 is 1.05 bits per heavy atom. The van der Waals surface area contributed by atoms with Crippen LogP contribution >= 0.6 is 0 Å². The van der Waals surface area contributed by atoms with Gasteiger partial charge >= 0.3 is 0 Å². The summed E-state index contributed by atoms with van der Waals surface area (Å²) in [6.07, 6.45) is 63.2. The van der Waals surface area contributed by atoms with Crippen LogP contribution in [0.2, 0.25) is 0 Å². The fourth-order valence-corrected chi connectivity index (χ4v) is 8.20. The summed E-state index contributed by atoms with van der Waals surface area (Å²) in [5.41, 5.74) is 0. The molecule has 4 atom stereocenters. The minimum absolute atomic E-state index is 0.359. The molecule has 0 aliphatic carbocycles. The Hall–Kier alpha value is -1.73. The van der Waals surface area contributed by atoms with Crippen molar-refractivity contribution in [1.29, 1.82) is 0 Å². The van der Waals surface area contributed by atoms with Crippen LogP contribution in [-0.2, 0) is 4.79 Å². The van der Waals surface area contributed by atoms with E-state index in [1.54, 1.807) is 0 Å². The zero-order valence-corrected chi connectivity index (χ0v) is 41.1. The van der Waals surface area contributed by atoms with Gasteiger partial charge in [0.15, 0.2) is 0 Å². The minimum atomic E-state index is -1.29. The molecule has 6 nitrogen and oxygen atoms in total. The van der Waals surface area contributed by atoms with Crippen molar-refractivity contribution in [3.05, 3.63) is 48.6 Å². The molecule has 0 saturated carbocycles. The van der Waals surface area contributed by atoms with Crippen molar-refractivity contribution in [1.82, 2.24) is 5.32 Å². The fourth-order valence-electron chi connectivity index (χ4n) is 8.20. The maximum atomic E-state index is 12.6. The summed E-state index contributed by atoms with van der Waals surface area (Å²) in [4.78, 5) is 12.6. The molecule has 5 N–H and O–H groups in total. The van der Waals surface area contributed by atoms with E-state index in [-0.39, 0.29) is 0 Å². The number of carbonyl (C=O) groups is 1. The molecule has 0 bridgehead atoms. The lowest BCUT2D eigenvalue weighted by molar-refractivity contribution is -0.132. The Balaban J connectivity index is 3.65. The number of amides is 1. The quantitative estimate of drug-likeness (QED) is 0.0309. The third kappa shape index (κ3) is 43.5. The molecule has 0 saturated heterocycles. The molecule has 4 unspecified atom stereocenters. The first-order valence-electron chi connectivity index (χ1n) is 27.0. The van der Waals surface area contributed by atoms with Crippen molar-refractivity contribution in [3.8, 4) is 0 Å². The fraction of sp³-hybridized carbons (Fsp3) is 0.839. The first-order valence-corrected chi connectivity index (χ1v) is 27.0. The summed E-state index contributed by atoms with van der Waals surface area (Å²) in [5, 5.41) is 43.8. The molecule has 0 fully saturated rings. The number of nitrogens with one attached hydrogen (secondary N) is 1. The van der Waals surface area contributed by atoms with Crippen LogP contribution in [0.5, 0.6) is 0 Å². The number of unbranched alkanes of at least 4 members (excludes halogenated alkanes) is 32. The molecular formula is C56H105NO5. The average Bonchev–Trinajstić information content (AvgIpc) is 3.28. The second-order valence-electron chi connectivity index (χ2n) is 18.5. The molecule has 62 heavy (non-hydrogen) atoms. The van der Waals surface area contributed by atoms with E-state index in [1.165, 1.54) is 186 Å². The maximum Gasteiger partial charge on any atom is 0.249 e. The van der Waals surface area contributed by atoms with E-state index in [1.807, 2.05) is 0 Å². The van der Waals surface area contributed by atoms with Gasteiger partial charge in [-0.2, -0.15) is 0 Å². The number of aliphatic hydroxyl groups excluding tert-OH is 4. The molecule has 0 aromatic carbocycles. The highest BCUT2D eigenvalue weighted by Crippen LogP contribution is 2.16. The number of aliphatic hydroxyl groups is 4. The number of carbonyl (C=O) groups excluding carboxylic acids is 1. The Bertz CT molecular complexity index is 1020. The van der Waals surface area contributed by atoms with Crippen LogP contribution in [-0.4, -0.2) is 57.3 Å². The first-order chi connectivity index (χ1) is 30.5. The standard InChI is InChI=1S/C56H105NO5/c1-3-5-7-9-11-13-15-17-19-21-22-23-24-25-26-27-28-29-30-31-32-33-34-36-38-40-42-44-46-48-50-54(60)56(62)57-52(51-58)55(61)53(59)49-47-45-43-41-39-37-35-20-18-16-14-12-10-8-6-4-2/h12,14,20,25-26,35,41,43,52-55,58-61H,3-11,13,15-19,21-24,27-34,36-40,42,44-51H2,1-2H3,(H,57,62)/b14-12+,26-25-,35-20+,43-41+. The van der Waals surface area contributed by atoms with Crippen LogP contribution < -0.4 is 5.32 Å². The van der Waals surface area contributed by atoms with Crippen molar-refractivity contribution in [3.63, 3.8) is 0 Å². The third-order valence-corrected chi connectivity index (χ3v) is 12.5. The summed E-state index contributed by atoms with van der Waals surface area (Å²) in [7, 11) is 0. The molecule has 0 radical (unpaired) electrons. The van der Waals surface area contributed by atoms with Crippen molar-refractivity contribution < 1.29 is 25.2 Å². The molecule has 0 spiro atoms. The highest BCUT2D eigenvalue weighted by atomic mass is 16.3. The monoisotopic (exact) mass is 872 g/mol. The molecular weight excluding hydrogens is 767 g/mol. The van der Waals surface area contributed by atoms with Gasteiger partial charge in [0.2, 0.25) is 5.91 Å². The van der Waals surface area contributed by atoms with Crippen LogP contribution in [0.15, 0.2) is 48.6 Å². The Morgan fingerprint density at radius 2 is 0.677 bits per heavy atom. The lowest BCUT2D eigenvalue weighted by Crippen LogP contribution is -2.53. The van der Waals surface area contributed by atoms with Crippen LogP contribution in [0, 0.1) is 0 Å². The number of allylic oxidation sites excluding steroid dienone is 8. The average molecular weight is 872 g/mol. The minimum Gasteiger partial charge on any atom is -0.394 e. The Morgan fingerprint density at radius 1 is 0.387 bits per heavy atom. The van der Waals surface area contributed by atoms with Crippen molar-refractivity contribution in [2.24, 2.45) is 0 Å². The van der Waals surface area contributed by atoms with Gasteiger partial charge in [0.05, 0.1) is 18.8 Å². The lowest BCUT2D eigenvalue weighted by Gasteiger charge is -2.27.